The molecule has 2 nitrogen and oxygen atoms in total. The molecule has 0 bridgehead atoms. The zero-order valence-corrected chi connectivity index (χ0v) is 10.4. The fourth-order valence-corrected chi connectivity index (χ4v) is 2.90. The maximum absolute atomic E-state index is 5.50. The van der Waals surface area contributed by atoms with Gasteiger partial charge in [-0.1, -0.05) is 6.92 Å². The van der Waals surface area contributed by atoms with Gasteiger partial charge in [0.25, 0.3) is 0 Å². The molecule has 0 spiro atoms. The average Bonchev–Trinajstić information content (AvgIpc) is 2.15. The average molecular weight is 217 g/mol. The van der Waals surface area contributed by atoms with E-state index < -0.39 is 0 Å². The molecule has 1 N–H and O–H groups in total. The minimum Gasteiger partial charge on any atom is -0.377 e. The summed E-state index contributed by atoms with van der Waals surface area (Å²) in [6.45, 7) is 8.32. The second-order valence-electron chi connectivity index (χ2n) is 4.20. The summed E-state index contributed by atoms with van der Waals surface area (Å²) in [6.07, 6.45) is 3.04. The van der Waals surface area contributed by atoms with Crippen LogP contribution in [-0.4, -0.2) is 36.3 Å². The van der Waals surface area contributed by atoms with Crippen molar-refractivity contribution in [3.8, 4) is 0 Å². The van der Waals surface area contributed by atoms with Crippen LogP contribution in [0.5, 0.6) is 0 Å². The highest BCUT2D eigenvalue weighted by Gasteiger charge is 2.20. The first-order valence-electron chi connectivity index (χ1n) is 5.66. The van der Waals surface area contributed by atoms with Crippen LogP contribution in [0, 0.1) is 0 Å². The quantitative estimate of drug-likeness (QED) is 0.714. The Hall–Kier alpha value is 0.270. The topological polar surface area (TPSA) is 21.3 Å². The van der Waals surface area contributed by atoms with Crippen molar-refractivity contribution in [3.05, 3.63) is 0 Å². The highest BCUT2D eigenvalue weighted by molar-refractivity contribution is 7.99. The van der Waals surface area contributed by atoms with Gasteiger partial charge in [0.2, 0.25) is 0 Å². The van der Waals surface area contributed by atoms with Crippen molar-refractivity contribution in [3.63, 3.8) is 0 Å². The first kappa shape index (κ1) is 12.3. The van der Waals surface area contributed by atoms with E-state index in [0.29, 0.717) is 12.1 Å². The van der Waals surface area contributed by atoms with Gasteiger partial charge in [-0.2, -0.15) is 11.8 Å². The summed E-state index contributed by atoms with van der Waals surface area (Å²) >= 11 is 2.09. The molecular formula is C11H23NOS. The molecule has 1 rings (SSSR count). The van der Waals surface area contributed by atoms with Crippen LogP contribution in [0.25, 0.3) is 0 Å². The standard InChI is InChI=1S/C11H23NOS/c1-9(2)13-7-6-12-11-5-4-8-14-10(11)3/h9-12H,4-8H2,1-3H3. The Morgan fingerprint density at radius 1 is 1.50 bits per heavy atom. The third-order valence-corrected chi connectivity index (χ3v) is 3.95. The molecule has 1 aliphatic heterocycles. The molecule has 1 aliphatic rings. The van der Waals surface area contributed by atoms with Gasteiger partial charge >= 0.3 is 0 Å². The Labute approximate surface area is 92.2 Å². The molecule has 0 radical (unpaired) electrons. The van der Waals surface area contributed by atoms with E-state index in [-0.39, 0.29) is 0 Å². The summed E-state index contributed by atoms with van der Waals surface area (Å²) in [5.41, 5.74) is 0. The lowest BCUT2D eigenvalue weighted by Crippen LogP contribution is -2.41. The Bertz CT molecular complexity index is 152. The van der Waals surface area contributed by atoms with Gasteiger partial charge in [-0.05, 0) is 32.4 Å². The van der Waals surface area contributed by atoms with Crippen LogP contribution in [0.2, 0.25) is 0 Å². The number of nitrogens with one attached hydrogen (secondary N) is 1. The number of hydrogen-bond acceptors (Lipinski definition) is 3. The smallest absolute Gasteiger partial charge is 0.0594 e. The van der Waals surface area contributed by atoms with Crippen LogP contribution < -0.4 is 5.32 Å². The van der Waals surface area contributed by atoms with Gasteiger partial charge in [-0.15, -0.1) is 0 Å². The van der Waals surface area contributed by atoms with Crippen LogP contribution in [0.3, 0.4) is 0 Å². The second-order valence-corrected chi connectivity index (χ2v) is 5.68. The number of hydrogen-bond donors (Lipinski definition) is 1. The van der Waals surface area contributed by atoms with Crippen molar-refractivity contribution < 1.29 is 4.74 Å². The lowest BCUT2D eigenvalue weighted by molar-refractivity contribution is 0.0791. The van der Waals surface area contributed by atoms with E-state index in [9.17, 15) is 0 Å². The Morgan fingerprint density at radius 2 is 2.29 bits per heavy atom. The lowest BCUT2D eigenvalue weighted by Gasteiger charge is -2.29. The molecule has 0 saturated carbocycles. The lowest BCUT2D eigenvalue weighted by atomic mass is 10.1. The van der Waals surface area contributed by atoms with Crippen LogP contribution in [-0.2, 0) is 4.74 Å². The fourth-order valence-electron chi connectivity index (χ4n) is 1.73. The van der Waals surface area contributed by atoms with Crippen LogP contribution in [0.1, 0.15) is 33.6 Å². The molecule has 0 aromatic carbocycles. The summed E-state index contributed by atoms with van der Waals surface area (Å²) in [6, 6.07) is 0.699. The van der Waals surface area contributed by atoms with Gasteiger partial charge in [0, 0.05) is 17.8 Å². The molecule has 3 heteroatoms. The van der Waals surface area contributed by atoms with Gasteiger partial charge in [-0.25, -0.2) is 0 Å². The predicted octanol–water partition coefficient (Wildman–Crippen LogP) is 2.29. The molecule has 0 aliphatic carbocycles. The first-order chi connectivity index (χ1) is 6.70. The molecule has 0 aromatic rings. The SMILES string of the molecule is CC(C)OCCNC1CCCSC1C. The molecule has 1 saturated heterocycles. The zero-order chi connectivity index (χ0) is 10.4. The van der Waals surface area contributed by atoms with Crippen molar-refractivity contribution >= 4 is 11.8 Å². The third-order valence-electron chi connectivity index (χ3n) is 2.57. The molecule has 1 fully saturated rings. The maximum Gasteiger partial charge on any atom is 0.0594 e. The fraction of sp³-hybridized carbons (Fsp3) is 1.00. The van der Waals surface area contributed by atoms with Crippen LogP contribution in [0.4, 0.5) is 0 Å². The number of ether oxygens (including phenoxy) is 1. The molecule has 0 amide bonds. The van der Waals surface area contributed by atoms with E-state index in [2.05, 4.69) is 37.8 Å². The van der Waals surface area contributed by atoms with Crippen LogP contribution in [0.15, 0.2) is 0 Å². The van der Waals surface area contributed by atoms with Crippen molar-refractivity contribution in [1.29, 1.82) is 0 Å². The van der Waals surface area contributed by atoms with Gasteiger partial charge in [-0.3, -0.25) is 0 Å². The van der Waals surface area contributed by atoms with E-state index in [0.717, 1.165) is 18.4 Å². The van der Waals surface area contributed by atoms with Gasteiger partial charge in [0.15, 0.2) is 0 Å². The molecule has 0 aromatic heterocycles. The maximum atomic E-state index is 5.50. The first-order valence-corrected chi connectivity index (χ1v) is 6.71. The molecule has 1 heterocycles. The van der Waals surface area contributed by atoms with Crippen molar-refractivity contribution in [2.75, 3.05) is 18.9 Å². The molecule has 14 heavy (non-hydrogen) atoms. The summed E-state index contributed by atoms with van der Waals surface area (Å²) in [7, 11) is 0. The molecule has 2 atom stereocenters. The zero-order valence-electron chi connectivity index (χ0n) is 9.58. The predicted molar refractivity (Wildman–Crippen MR) is 64.0 cm³/mol. The van der Waals surface area contributed by atoms with E-state index in [1.165, 1.54) is 18.6 Å². The third kappa shape index (κ3) is 4.67. The number of thioether (sulfide) groups is 1. The summed E-state index contributed by atoms with van der Waals surface area (Å²) in [4.78, 5) is 0. The van der Waals surface area contributed by atoms with E-state index in [4.69, 9.17) is 4.74 Å². The minimum absolute atomic E-state index is 0.356. The molecule has 84 valence electrons. The highest BCUT2D eigenvalue weighted by Crippen LogP contribution is 2.24. The number of rotatable bonds is 5. The van der Waals surface area contributed by atoms with E-state index in [1.54, 1.807) is 0 Å². The van der Waals surface area contributed by atoms with Gasteiger partial charge in [0.05, 0.1) is 12.7 Å². The van der Waals surface area contributed by atoms with Crippen molar-refractivity contribution in [2.45, 2.75) is 51.0 Å². The minimum atomic E-state index is 0.356. The summed E-state index contributed by atoms with van der Waals surface area (Å²) in [5.74, 6) is 1.34. The molecular weight excluding hydrogens is 194 g/mol. The Kier molecular flexibility index (Phi) is 5.90. The van der Waals surface area contributed by atoms with Crippen molar-refractivity contribution in [1.82, 2.24) is 5.32 Å². The summed E-state index contributed by atoms with van der Waals surface area (Å²) < 4.78 is 5.50. The monoisotopic (exact) mass is 217 g/mol. The largest absolute Gasteiger partial charge is 0.377 e. The normalized spacial score (nSPS) is 28.3. The highest BCUT2D eigenvalue weighted by atomic mass is 32.2. The van der Waals surface area contributed by atoms with E-state index >= 15 is 0 Å². The second kappa shape index (κ2) is 6.70. The van der Waals surface area contributed by atoms with Gasteiger partial charge < -0.3 is 10.1 Å². The summed E-state index contributed by atoms with van der Waals surface area (Å²) in [5, 5.41) is 4.35. The van der Waals surface area contributed by atoms with Crippen LogP contribution >= 0.6 is 11.8 Å². The van der Waals surface area contributed by atoms with Crippen molar-refractivity contribution in [2.24, 2.45) is 0 Å². The Balaban J connectivity index is 2.04. The van der Waals surface area contributed by atoms with Gasteiger partial charge in [0.1, 0.15) is 0 Å². The molecule has 2 unspecified atom stereocenters. The Morgan fingerprint density at radius 3 is 2.93 bits per heavy atom. The van der Waals surface area contributed by atoms with E-state index in [1.807, 2.05) is 0 Å².